The number of hydrogen-bond acceptors (Lipinski definition) is 3. The first-order valence-electron chi connectivity index (χ1n) is 6.02. The Bertz CT molecular complexity index is 735. The van der Waals surface area contributed by atoms with E-state index < -0.39 is 15.8 Å². The van der Waals surface area contributed by atoms with Gasteiger partial charge in [0.2, 0.25) is 0 Å². The molecule has 2 rings (SSSR count). The highest BCUT2D eigenvalue weighted by Gasteiger charge is 2.21. The molecule has 4 nitrogen and oxygen atoms in total. The molecule has 1 aromatic heterocycles. The second-order valence-corrected chi connectivity index (χ2v) is 6.26. The average Bonchev–Trinajstić information content (AvgIpc) is 2.30. The van der Waals surface area contributed by atoms with Crippen LogP contribution in [0, 0.1) is 26.6 Å². The van der Waals surface area contributed by atoms with Crippen LogP contribution in [0.1, 0.15) is 16.7 Å². The molecule has 0 saturated carbocycles. The molecule has 0 saturated heterocycles. The summed E-state index contributed by atoms with van der Waals surface area (Å²) < 4.78 is 40.6. The maximum Gasteiger partial charge on any atom is 0.263 e. The Balaban J connectivity index is 2.50. The van der Waals surface area contributed by atoms with Gasteiger partial charge in [0.05, 0.1) is 4.90 Å². The van der Waals surface area contributed by atoms with Crippen LogP contribution >= 0.6 is 0 Å². The highest BCUT2D eigenvalue weighted by Crippen LogP contribution is 2.24. The minimum Gasteiger partial charge on any atom is -0.263 e. The fraction of sp³-hybridized carbons (Fsp3) is 0.214. The van der Waals surface area contributed by atoms with Gasteiger partial charge >= 0.3 is 0 Å². The molecule has 0 amide bonds. The normalized spacial score (nSPS) is 11.4. The highest BCUT2D eigenvalue weighted by molar-refractivity contribution is 7.92. The molecule has 6 heteroatoms. The Hall–Kier alpha value is -1.95. The molecule has 20 heavy (non-hydrogen) atoms. The summed E-state index contributed by atoms with van der Waals surface area (Å²) in [5, 5.41) is 0. The van der Waals surface area contributed by atoms with Gasteiger partial charge in [0.15, 0.2) is 0 Å². The monoisotopic (exact) mass is 294 g/mol. The molecule has 1 aromatic carbocycles. The van der Waals surface area contributed by atoms with E-state index in [1.54, 1.807) is 32.9 Å². The van der Waals surface area contributed by atoms with Gasteiger partial charge in [-0.3, -0.25) is 4.72 Å². The molecule has 0 aliphatic heterocycles. The van der Waals surface area contributed by atoms with Gasteiger partial charge in [0.1, 0.15) is 11.6 Å². The molecule has 0 bridgehead atoms. The third kappa shape index (κ3) is 2.80. The minimum absolute atomic E-state index is 0.0870. The smallest absolute Gasteiger partial charge is 0.263 e. The number of rotatable bonds is 3. The van der Waals surface area contributed by atoms with Crippen LogP contribution in [0.2, 0.25) is 0 Å². The van der Waals surface area contributed by atoms with Crippen molar-refractivity contribution in [2.24, 2.45) is 0 Å². The number of pyridine rings is 1. The van der Waals surface area contributed by atoms with Crippen molar-refractivity contribution in [2.75, 3.05) is 4.72 Å². The topological polar surface area (TPSA) is 59.1 Å². The predicted octanol–water partition coefficient (Wildman–Crippen LogP) is 2.95. The lowest BCUT2D eigenvalue weighted by atomic mass is 10.1. The van der Waals surface area contributed by atoms with Gasteiger partial charge in [-0.05, 0) is 55.7 Å². The Morgan fingerprint density at radius 1 is 1.10 bits per heavy atom. The van der Waals surface area contributed by atoms with Crippen molar-refractivity contribution in [1.29, 1.82) is 0 Å². The molecule has 1 heterocycles. The molecule has 106 valence electrons. The minimum atomic E-state index is -3.79. The number of nitrogens with zero attached hydrogens (tertiary/aromatic N) is 1. The summed E-state index contributed by atoms with van der Waals surface area (Å²) in [6.45, 7) is 4.89. The van der Waals surface area contributed by atoms with Gasteiger partial charge in [-0.1, -0.05) is 6.07 Å². The maximum absolute atomic E-state index is 13.3. The number of hydrogen-bond donors (Lipinski definition) is 1. The first-order valence-corrected chi connectivity index (χ1v) is 7.51. The molecule has 0 atom stereocenters. The van der Waals surface area contributed by atoms with E-state index in [4.69, 9.17) is 0 Å². The second kappa shape index (κ2) is 5.20. The summed E-state index contributed by atoms with van der Waals surface area (Å²) in [5.74, 6) is -0.177. The van der Waals surface area contributed by atoms with Crippen LogP contribution in [0.4, 0.5) is 10.2 Å². The largest absolute Gasteiger partial charge is 0.263 e. The van der Waals surface area contributed by atoms with Crippen LogP contribution in [0.15, 0.2) is 35.4 Å². The van der Waals surface area contributed by atoms with Crippen LogP contribution in [0.3, 0.4) is 0 Å². The zero-order valence-corrected chi connectivity index (χ0v) is 12.3. The van der Waals surface area contributed by atoms with E-state index in [9.17, 15) is 12.8 Å². The Morgan fingerprint density at radius 3 is 2.25 bits per heavy atom. The van der Waals surface area contributed by atoms with Crippen molar-refractivity contribution < 1.29 is 12.8 Å². The summed E-state index contributed by atoms with van der Waals surface area (Å²) in [4.78, 5) is 4.09. The predicted molar refractivity (Wildman–Crippen MR) is 75.7 cm³/mol. The lowest BCUT2D eigenvalue weighted by Crippen LogP contribution is -2.17. The zero-order valence-electron chi connectivity index (χ0n) is 11.4. The van der Waals surface area contributed by atoms with Crippen molar-refractivity contribution in [3.63, 3.8) is 0 Å². The summed E-state index contributed by atoms with van der Waals surface area (Å²) >= 11 is 0. The van der Waals surface area contributed by atoms with Crippen LogP contribution < -0.4 is 4.72 Å². The third-order valence-electron chi connectivity index (χ3n) is 2.93. The summed E-state index contributed by atoms with van der Waals surface area (Å²) in [6, 6.07) is 5.89. The molecule has 1 N–H and O–H groups in total. The summed E-state index contributed by atoms with van der Waals surface area (Å²) in [6.07, 6.45) is 1.51. The molecule has 0 unspecified atom stereocenters. The number of halogens is 1. The average molecular weight is 294 g/mol. The number of benzene rings is 1. The fourth-order valence-electron chi connectivity index (χ4n) is 2.09. The lowest BCUT2D eigenvalue weighted by molar-refractivity contribution is 0.597. The number of sulfonamides is 1. The number of anilines is 1. The molecule has 0 aliphatic rings. The third-order valence-corrected chi connectivity index (χ3v) is 4.58. The molecule has 0 fully saturated rings. The Kier molecular flexibility index (Phi) is 3.76. The molecular weight excluding hydrogens is 279 g/mol. The zero-order chi connectivity index (χ0) is 14.9. The van der Waals surface area contributed by atoms with Gasteiger partial charge in [0, 0.05) is 6.20 Å². The van der Waals surface area contributed by atoms with Crippen molar-refractivity contribution in [1.82, 2.24) is 4.98 Å². The van der Waals surface area contributed by atoms with E-state index in [0.29, 0.717) is 16.7 Å². The number of aryl methyl sites for hydroxylation is 3. The van der Waals surface area contributed by atoms with Crippen molar-refractivity contribution >= 4 is 15.8 Å². The van der Waals surface area contributed by atoms with Crippen LogP contribution in [-0.4, -0.2) is 13.4 Å². The van der Waals surface area contributed by atoms with Gasteiger partial charge in [-0.2, -0.15) is 0 Å². The molecule has 0 aliphatic carbocycles. The van der Waals surface area contributed by atoms with E-state index in [0.717, 1.165) is 0 Å². The van der Waals surface area contributed by atoms with Gasteiger partial charge in [0.25, 0.3) is 10.0 Å². The molecule has 0 radical (unpaired) electrons. The van der Waals surface area contributed by atoms with Crippen LogP contribution in [0.25, 0.3) is 0 Å². The standard InChI is InChI=1S/C14H15FN2O2S/c1-9-5-4-6-16-14(9)17-20(18,19)13-10(2)7-12(15)8-11(13)3/h4-8H,1-3H3,(H,16,17). The van der Waals surface area contributed by atoms with Gasteiger partial charge in [-0.15, -0.1) is 0 Å². The fourth-order valence-corrected chi connectivity index (χ4v) is 3.63. The number of nitrogens with one attached hydrogen (secondary N) is 1. The van der Waals surface area contributed by atoms with Crippen LogP contribution in [0.5, 0.6) is 0 Å². The van der Waals surface area contributed by atoms with E-state index in [2.05, 4.69) is 9.71 Å². The van der Waals surface area contributed by atoms with E-state index in [1.165, 1.54) is 18.3 Å². The van der Waals surface area contributed by atoms with Gasteiger partial charge < -0.3 is 0 Å². The Labute approximate surface area is 117 Å². The van der Waals surface area contributed by atoms with E-state index in [-0.39, 0.29) is 10.7 Å². The first-order chi connectivity index (χ1) is 9.31. The number of aromatic nitrogens is 1. The second-order valence-electron chi connectivity index (χ2n) is 4.64. The molecule has 0 spiro atoms. The maximum atomic E-state index is 13.3. The quantitative estimate of drug-likeness (QED) is 0.946. The van der Waals surface area contributed by atoms with Crippen LogP contribution in [-0.2, 0) is 10.0 Å². The first kappa shape index (κ1) is 14.5. The molecule has 2 aromatic rings. The lowest BCUT2D eigenvalue weighted by Gasteiger charge is -2.13. The van der Waals surface area contributed by atoms with Crippen molar-refractivity contribution in [3.05, 3.63) is 53.0 Å². The van der Waals surface area contributed by atoms with Crippen molar-refractivity contribution in [2.45, 2.75) is 25.7 Å². The summed E-state index contributed by atoms with van der Waals surface area (Å²) in [5.41, 5.74) is 1.45. The summed E-state index contributed by atoms with van der Waals surface area (Å²) in [7, 11) is -3.79. The Morgan fingerprint density at radius 2 is 1.70 bits per heavy atom. The van der Waals surface area contributed by atoms with E-state index >= 15 is 0 Å². The van der Waals surface area contributed by atoms with Crippen molar-refractivity contribution in [3.8, 4) is 0 Å². The molecular formula is C14H15FN2O2S. The highest BCUT2D eigenvalue weighted by atomic mass is 32.2. The SMILES string of the molecule is Cc1cccnc1NS(=O)(=O)c1c(C)cc(F)cc1C. The van der Waals surface area contributed by atoms with Gasteiger partial charge in [-0.25, -0.2) is 17.8 Å². The van der Waals surface area contributed by atoms with E-state index in [1.807, 2.05) is 0 Å².